The standard InChI is InChI=1S/C77H147NO5/c1-3-5-7-9-11-13-15-16-17-18-41-44-47-51-55-59-63-67-71-77(82)83-72-68-64-60-56-52-48-45-42-39-37-35-33-31-29-27-25-23-21-19-20-22-24-26-28-30-32-34-36-38-40-43-46-50-54-58-62-66-70-76(81)78-74(73-79)75(80)69-65-61-57-53-49-14-12-10-8-6-4-2/h13,15,17-18,65,69,74-75,79-80H,3-12,14,16,19-64,66-68,70-73H2,1-2H3,(H,78,81)/b15-13-,18-17-,69-65+. The van der Waals surface area contributed by atoms with E-state index in [-0.39, 0.29) is 18.5 Å². The Morgan fingerprint density at radius 1 is 0.337 bits per heavy atom. The Bertz CT molecular complexity index is 1340. The molecule has 490 valence electrons. The van der Waals surface area contributed by atoms with E-state index in [0.29, 0.717) is 19.4 Å². The number of esters is 1. The van der Waals surface area contributed by atoms with E-state index in [0.717, 1.165) is 51.4 Å². The van der Waals surface area contributed by atoms with Crippen molar-refractivity contribution in [2.45, 2.75) is 431 Å². The predicted octanol–water partition coefficient (Wildman–Crippen LogP) is 24.7. The molecule has 6 heteroatoms. The maximum Gasteiger partial charge on any atom is 0.305 e. The van der Waals surface area contributed by atoms with Crippen molar-refractivity contribution in [2.75, 3.05) is 13.2 Å². The number of rotatable bonds is 71. The number of aliphatic hydroxyl groups excluding tert-OH is 2. The molecule has 2 unspecified atom stereocenters. The molecule has 0 heterocycles. The number of hydrogen-bond donors (Lipinski definition) is 3. The molecule has 0 aliphatic carbocycles. The Morgan fingerprint density at radius 3 is 0.928 bits per heavy atom. The predicted molar refractivity (Wildman–Crippen MR) is 366 cm³/mol. The van der Waals surface area contributed by atoms with Crippen LogP contribution >= 0.6 is 0 Å². The molecular formula is C77H147NO5. The number of allylic oxidation sites excluding steroid dienone is 5. The molecule has 0 rings (SSSR count). The summed E-state index contributed by atoms with van der Waals surface area (Å²) in [6, 6.07) is -0.622. The van der Waals surface area contributed by atoms with Crippen molar-refractivity contribution in [2.24, 2.45) is 0 Å². The molecule has 0 aliphatic heterocycles. The van der Waals surface area contributed by atoms with Crippen LogP contribution in [0.25, 0.3) is 0 Å². The lowest BCUT2D eigenvalue weighted by Gasteiger charge is -2.20. The maximum atomic E-state index is 12.4. The summed E-state index contributed by atoms with van der Waals surface area (Å²) in [6.07, 6.45) is 94.1. The molecule has 0 spiro atoms. The highest BCUT2D eigenvalue weighted by molar-refractivity contribution is 5.76. The van der Waals surface area contributed by atoms with Crippen LogP contribution in [0.3, 0.4) is 0 Å². The molecule has 6 nitrogen and oxygen atoms in total. The smallest absolute Gasteiger partial charge is 0.305 e. The summed E-state index contributed by atoms with van der Waals surface area (Å²) >= 11 is 0. The molecule has 3 N–H and O–H groups in total. The number of nitrogens with one attached hydrogen (secondary N) is 1. The van der Waals surface area contributed by atoms with E-state index < -0.39 is 12.1 Å². The number of carbonyl (C=O) groups is 2. The Balaban J connectivity index is 3.29. The van der Waals surface area contributed by atoms with E-state index in [9.17, 15) is 19.8 Å². The van der Waals surface area contributed by atoms with E-state index in [1.54, 1.807) is 6.08 Å². The van der Waals surface area contributed by atoms with E-state index >= 15 is 0 Å². The third-order valence-electron chi connectivity index (χ3n) is 17.7. The third-order valence-corrected chi connectivity index (χ3v) is 17.7. The number of carbonyl (C=O) groups excluding carboxylic acids is 2. The molecule has 2 atom stereocenters. The lowest BCUT2D eigenvalue weighted by molar-refractivity contribution is -0.143. The highest BCUT2D eigenvalue weighted by Gasteiger charge is 2.18. The van der Waals surface area contributed by atoms with Gasteiger partial charge < -0.3 is 20.3 Å². The maximum absolute atomic E-state index is 12.4. The van der Waals surface area contributed by atoms with Crippen LogP contribution in [0.2, 0.25) is 0 Å². The first-order valence-corrected chi connectivity index (χ1v) is 37.8. The van der Waals surface area contributed by atoms with Crippen LogP contribution in [0, 0.1) is 0 Å². The zero-order valence-electron chi connectivity index (χ0n) is 56.2. The van der Waals surface area contributed by atoms with Crippen molar-refractivity contribution in [3.63, 3.8) is 0 Å². The number of unbranched alkanes of at least 4 members (excludes halogenated alkanes) is 56. The molecule has 0 bridgehead atoms. The number of amides is 1. The van der Waals surface area contributed by atoms with E-state index in [1.807, 2.05) is 6.08 Å². The lowest BCUT2D eigenvalue weighted by atomic mass is 10.0. The molecule has 0 radical (unpaired) electrons. The highest BCUT2D eigenvalue weighted by Crippen LogP contribution is 2.19. The van der Waals surface area contributed by atoms with Gasteiger partial charge in [-0.15, -0.1) is 0 Å². The van der Waals surface area contributed by atoms with Gasteiger partial charge in [-0.25, -0.2) is 0 Å². The van der Waals surface area contributed by atoms with Crippen LogP contribution in [-0.4, -0.2) is 47.4 Å². The van der Waals surface area contributed by atoms with Crippen molar-refractivity contribution in [1.82, 2.24) is 5.32 Å². The highest BCUT2D eigenvalue weighted by atomic mass is 16.5. The van der Waals surface area contributed by atoms with E-state index in [1.165, 1.54) is 340 Å². The van der Waals surface area contributed by atoms with Crippen LogP contribution in [0.5, 0.6) is 0 Å². The topological polar surface area (TPSA) is 95.9 Å². The Kier molecular flexibility index (Phi) is 70.9. The SMILES string of the molecule is CCCCCC/C=C\C/C=C\CCCCCCCCCC(=O)OCCCCCCCCCCCCCCCCCCCCCCCCCCCCCCCCCCCCCCCC(=O)NC(CO)C(O)/C=C/CCCCCCCCCCC. The van der Waals surface area contributed by atoms with Gasteiger partial charge in [-0.3, -0.25) is 9.59 Å². The monoisotopic (exact) mass is 1170 g/mol. The summed E-state index contributed by atoms with van der Waals surface area (Å²) in [5, 5.41) is 23.1. The van der Waals surface area contributed by atoms with Crippen molar-refractivity contribution in [1.29, 1.82) is 0 Å². The van der Waals surface area contributed by atoms with Crippen molar-refractivity contribution < 1.29 is 24.5 Å². The zero-order chi connectivity index (χ0) is 59.9. The summed E-state index contributed by atoms with van der Waals surface area (Å²) < 4.78 is 5.51. The fourth-order valence-corrected chi connectivity index (χ4v) is 11.9. The fraction of sp³-hybridized carbons (Fsp3) is 0.896. The van der Waals surface area contributed by atoms with Gasteiger partial charge in [-0.1, -0.05) is 378 Å². The van der Waals surface area contributed by atoms with Crippen molar-refractivity contribution in [3.05, 3.63) is 36.5 Å². The van der Waals surface area contributed by atoms with Crippen molar-refractivity contribution in [3.8, 4) is 0 Å². The quantitative estimate of drug-likeness (QED) is 0.0320. The lowest BCUT2D eigenvalue weighted by Crippen LogP contribution is -2.45. The second-order valence-electron chi connectivity index (χ2n) is 26.0. The van der Waals surface area contributed by atoms with Crippen LogP contribution in [0.15, 0.2) is 36.5 Å². The van der Waals surface area contributed by atoms with Gasteiger partial charge in [0.05, 0.1) is 25.4 Å². The number of aliphatic hydroxyl groups is 2. The van der Waals surface area contributed by atoms with Gasteiger partial charge in [0.2, 0.25) is 5.91 Å². The van der Waals surface area contributed by atoms with Gasteiger partial charge in [0, 0.05) is 12.8 Å². The van der Waals surface area contributed by atoms with Crippen LogP contribution in [0.4, 0.5) is 0 Å². The second-order valence-corrected chi connectivity index (χ2v) is 26.0. The first-order chi connectivity index (χ1) is 41.0. The van der Waals surface area contributed by atoms with Gasteiger partial charge in [0.1, 0.15) is 0 Å². The largest absolute Gasteiger partial charge is 0.466 e. The van der Waals surface area contributed by atoms with Gasteiger partial charge in [0.15, 0.2) is 0 Å². The van der Waals surface area contributed by atoms with Crippen LogP contribution in [-0.2, 0) is 14.3 Å². The summed E-state index contributed by atoms with van der Waals surface area (Å²) in [4.78, 5) is 24.6. The molecule has 1 amide bonds. The van der Waals surface area contributed by atoms with Gasteiger partial charge in [0.25, 0.3) is 0 Å². The van der Waals surface area contributed by atoms with Gasteiger partial charge in [-0.05, 0) is 64.2 Å². The molecule has 0 saturated carbocycles. The summed E-state index contributed by atoms with van der Waals surface area (Å²) in [6.45, 7) is 4.90. The van der Waals surface area contributed by atoms with Crippen LogP contribution < -0.4 is 5.32 Å². The minimum atomic E-state index is -0.839. The van der Waals surface area contributed by atoms with E-state index in [2.05, 4.69) is 43.5 Å². The second kappa shape index (κ2) is 72.6. The molecule has 0 aromatic carbocycles. The normalized spacial score (nSPS) is 12.7. The Labute approximate surface area is 519 Å². The van der Waals surface area contributed by atoms with Gasteiger partial charge in [-0.2, -0.15) is 0 Å². The molecule has 0 aliphatic rings. The van der Waals surface area contributed by atoms with Gasteiger partial charge >= 0.3 is 5.97 Å². The summed E-state index contributed by atoms with van der Waals surface area (Å²) in [5.41, 5.74) is 0. The molecule has 0 fully saturated rings. The molecule has 0 aromatic heterocycles. The fourth-order valence-electron chi connectivity index (χ4n) is 11.9. The summed E-state index contributed by atoms with van der Waals surface area (Å²) in [7, 11) is 0. The first kappa shape index (κ1) is 81.1. The number of ether oxygens (including phenoxy) is 1. The summed E-state index contributed by atoms with van der Waals surface area (Å²) in [5.74, 6) is -0.0456. The molecule has 0 aromatic rings. The van der Waals surface area contributed by atoms with Crippen molar-refractivity contribution >= 4 is 11.9 Å². The van der Waals surface area contributed by atoms with Crippen LogP contribution in [0.1, 0.15) is 418 Å². The first-order valence-electron chi connectivity index (χ1n) is 37.8. The Hall–Kier alpha value is -1.92. The molecule has 0 saturated heterocycles. The zero-order valence-corrected chi connectivity index (χ0v) is 56.2. The molecule has 83 heavy (non-hydrogen) atoms. The minimum absolute atomic E-state index is 0.0162. The number of hydrogen-bond acceptors (Lipinski definition) is 5. The average molecular weight is 1170 g/mol. The Morgan fingerprint density at radius 2 is 0.602 bits per heavy atom. The minimum Gasteiger partial charge on any atom is -0.466 e. The molecular weight excluding hydrogens is 1020 g/mol. The van der Waals surface area contributed by atoms with E-state index in [4.69, 9.17) is 4.74 Å². The average Bonchev–Trinajstić information content (AvgIpc) is 3.49. The third kappa shape index (κ3) is 69.1.